The lowest BCUT2D eigenvalue weighted by Gasteiger charge is -2.14. The van der Waals surface area contributed by atoms with Gasteiger partial charge in [0.1, 0.15) is 24.7 Å². The number of anilines is 2. The van der Waals surface area contributed by atoms with E-state index < -0.39 is 72.9 Å². The van der Waals surface area contributed by atoms with Gasteiger partial charge in [-0.05, 0) is 74.5 Å². The molecule has 0 bridgehead atoms. The van der Waals surface area contributed by atoms with Gasteiger partial charge in [-0.2, -0.15) is 28.1 Å². The second kappa shape index (κ2) is 26.5. The van der Waals surface area contributed by atoms with Crippen molar-refractivity contribution in [3.63, 3.8) is 0 Å². The van der Waals surface area contributed by atoms with Gasteiger partial charge in [0, 0.05) is 24.7 Å². The lowest BCUT2D eigenvalue weighted by Crippen LogP contribution is -2.25. The number of nitro groups is 1. The van der Waals surface area contributed by atoms with Gasteiger partial charge in [0.15, 0.2) is 6.61 Å². The first kappa shape index (κ1) is 53.5. The van der Waals surface area contributed by atoms with Gasteiger partial charge >= 0.3 is 24.1 Å². The van der Waals surface area contributed by atoms with E-state index in [-0.39, 0.29) is 34.5 Å². The molecule has 3 rings (SSSR count). The Hall–Kier alpha value is -4.51. The number of carboxylic acids is 1. The van der Waals surface area contributed by atoms with E-state index in [4.69, 9.17) is 42.7 Å². The van der Waals surface area contributed by atoms with Crippen LogP contribution in [0.4, 0.5) is 30.8 Å². The van der Waals surface area contributed by atoms with Crippen molar-refractivity contribution in [2.75, 3.05) is 62.0 Å². The monoisotopic (exact) mass is 907 g/mol. The number of esters is 2. The summed E-state index contributed by atoms with van der Waals surface area (Å²) in [6, 6.07) is 5.62. The molecule has 19 nitrogen and oxygen atoms in total. The largest absolute Gasteiger partial charge is 0.778 e. The van der Waals surface area contributed by atoms with Crippen LogP contribution < -0.4 is 25.6 Å². The molecule has 1 unspecified atom stereocenters. The van der Waals surface area contributed by atoms with Crippen molar-refractivity contribution in [1.29, 1.82) is 0 Å². The number of nitrogens with one attached hydrogen (secondary N) is 3. The highest BCUT2D eigenvalue weighted by atomic mass is 35.5. The topological polar surface area (TPSA) is 277 Å². The van der Waals surface area contributed by atoms with Crippen molar-refractivity contribution in [1.82, 2.24) is 20.3 Å². The van der Waals surface area contributed by atoms with Crippen LogP contribution in [0, 0.1) is 10.1 Å². The smallest absolute Gasteiger partial charge is 0.416 e. The van der Waals surface area contributed by atoms with E-state index in [1.54, 1.807) is 0 Å². The minimum atomic E-state index is -4.61. The highest BCUT2D eigenvalue weighted by Gasteiger charge is 2.31. The number of hydrogen-bond acceptors (Lipinski definition) is 16. The fraction of sp³-hybridized carbons (Fsp3) is 0.438. The number of alkyl halides is 3. The normalized spacial score (nSPS) is 11.6. The molecule has 0 spiro atoms. The highest BCUT2D eigenvalue weighted by Crippen LogP contribution is 2.37. The Morgan fingerprint density at radius 1 is 1.02 bits per heavy atom. The molecule has 0 saturated heterocycles. The van der Waals surface area contributed by atoms with Gasteiger partial charge in [0.25, 0.3) is 5.69 Å². The summed E-state index contributed by atoms with van der Waals surface area (Å²) in [5.41, 5.74) is -2.16. The lowest BCUT2D eigenvalue weighted by atomic mass is 10.1. The molecular formula is C32H43Cl2F3N7O12PS. The van der Waals surface area contributed by atoms with Gasteiger partial charge in [0.2, 0.25) is 17.2 Å². The molecule has 0 amide bonds. The number of carbonyl (C=O) groups is 3. The van der Waals surface area contributed by atoms with E-state index in [1.165, 1.54) is 6.92 Å². The number of hydrogen-bond donors (Lipinski definition) is 5. The van der Waals surface area contributed by atoms with Crippen LogP contribution in [0.1, 0.15) is 43.6 Å². The minimum absolute atomic E-state index is 0.0493. The standard InChI is InChI=1S/C18H13ClF3NO7.C8H14ClN5.C3H8NO5P.C3H9S/c1-2-28-16(24)9-29-17(25)12-8-11(4-5-14(12)23(26)27)30-15-6-3-10(7-13(15)19)18(20,21)22;1-4-10-7-12-6(9)13-8(14-7)11-5(2)3;5-3(6)1-4-2-10(7,8)9;1-4(2)3/h3-8H,2,9H2,1H3;5H,4H2,1-3H3,(H2,10,11,12,13,14);4H,1-2H2,(H,5,6)(H2,7,8,9);1-3H3/q;;;+1/p-1. The third-order valence-corrected chi connectivity index (χ3v) is 6.53. The summed E-state index contributed by atoms with van der Waals surface area (Å²) >= 11 is 11.5. The van der Waals surface area contributed by atoms with Crippen LogP contribution in [0.15, 0.2) is 36.4 Å². The highest BCUT2D eigenvalue weighted by molar-refractivity contribution is 7.94. The van der Waals surface area contributed by atoms with Crippen LogP contribution in [-0.2, 0) is 40.7 Å². The third-order valence-electron chi connectivity index (χ3n) is 5.45. The summed E-state index contributed by atoms with van der Waals surface area (Å²) in [7, 11) is -3.71. The molecular weight excluding hydrogens is 865 g/mol. The minimum Gasteiger partial charge on any atom is -0.778 e. The summed E-state index contributed by atoms with van der Waals surface area (Å²) in [5.74, 6) is -2.54. The predicted octanol–water partition coefficient (Wildman–Crippen LogP) is 5.21. The molecule has 3 aromatic rings. The molecule has 1 heterocycles. The number of nitrogens with zero attached hydrogens (tertiary/aromatic N) is 4. The van der Waals surface area contributed by atoms with E-state index >= 15 is 0 Å². The second-order valence-corrected chi connectivity index (χ2v) is 16.3. The molecule has 0 aliphatic rings. The van der Waals surface area contributed by atoms with Crippen molar-refractivity contribution in [2.24, 2.45) is 0 Å². The Bertz CT molecular complexity index is 1860. The molecule has 324 valence electrons. The molecule has 0 fully saturated rings. The number of benzene rings is 2. The molecule has 5 N–H and O–H groups in total. The maximum atomic E-state index is 12.7. The Kier molecular flexibility index (Phi) is 24.4. The lowest BCUT2D eigenvalue weighted by molar-refractivity contribution is -0.385. The Morgan fingerprint density at radius 2 is 1.62 bits per heavy atom. The number of carbonyl (C=O) groups excluding carboxylic acids is 2. The fourth-order valence-electron chi connectivity index (χ4n) is 3.41. The third kappa shape index (κ3) is 24.3. The van der Waals surface area contributed by atoms with Gasteiger partial charge in [-0.3, -0.25) is 20.2 Å². The van der Waals surface area contributed by atoms with Crippen LogP contribution in [0.25, 0.3) is 0 Å². The van der Waals surface area contributed by atoms with E-state index in [0.717, 1.165) is 36.9 Å². The second-order valence-electron chi connectivity index (χ2n) is 11.5. The first-order valence-corrected chi connectivity index (χ1v) is 21.3. The van der Waals surface area contributed by atoms with Crippen molar-refractivity contribution >= 4 is 77.2 Å². The van der Waals surface area contributed by atoms with Gasteiger partial charge in [-0.1, -0.05) is 11.6 Å². The number of rotatable bonds is 15. The summed E-state index contributed by atoms with van der Waals surface area (Å²) in [6.07, 6.45) is 1.27. The van der Waals surface area contributed by atoms with Crippen molar-refractivity contribution in [3.05, 3.63) is 67.9 Å². The molecule has 2 aromatic carbocycles. The quantitative estimate of drug-likeness (QED) is 0.0430. The average molecular weight is 909 g/mol. The molecule has 0 aliphatic heterocycles. The Labute approximate surface area is 344 Å². The molecule has 0 saturated carbocycles. The fourth-order valence-corrected chi connectivity index (χ4v) is 4.18. The maximum Gasteiger partial charge on any atom is 0.416 e. The molecule has 1 aromatic heterocycles. The first-order valence-electron chi connectivity index (χ1n) is 16.3. The van der Waals surface area contributed by atoms with Crippen LogP contribution >= 0.6 is 30.8 Å². The van der Waals surface area contributed by atoms with Crippen molar-refractivity contribution < 1.29 is 66.1 Å². The number of aromatic nitrogens is 3. The van der Waals surface area contributed by atoms with Gasteiger partial charge < -0.3 is 44.3 Å². The van der Waals surface area contributed by atoms with Crippen LogP contribution in [0.2, 0.25) is 10.3 Å². The van der Waals surface area contributed by atoms with E-state index in [2.05, 4.69) is 49.1 Å². The number of carboxylic acid groups (broad SMARTS) is 1. The summed E-state index contributed by atoms with van der Waals surface area (Å²) in [5, 5.41) is 27.0. The Morgan fingerprint density at radius 3 is 2.10 bits per heavy atom. The number of aliphatic carboxylic acids is 1. The zero-order valence-corrected chi connectivity index (χ0v) is 35.3. The zero-order chi connectivity index (χ0) is 44.8. The maximum absolute atomic E-state index is 12.7. The Balaban J connectivity index is 0.000000951. The molecule has 0 radical (unpaired) electrons. The zero-order valence-electron chi connectivity index (χ0n) is 32.1. The average Bonchev–Trinajstić information content (AvgIpc) is 3.07. The van der Waals surface area contributed by atoms with E-state index in [1.807, 2.05) is 26.1 Å². The predicted molar refractivity (Wildman–Crippen MR) is 210 cm³/mol. The van der Waals surface area contributed by atoms with Crippen LogP contribution in [-0.4, -0.2) is 105 Å². The number of ether oxygens (including phenoxy) is 3. The van der Waals surface area contributed by atoms with E-state index in [0.29, 0.717) is 28.9 Å². The summed E-state index contributed by atoms with van der Waals surface area (Å²) < 4.78 is 62.7. The van der Waals surface area contributed by atoms with E-state index in [9.17, 15) is 47.1 Å². The molecule has 0 aliphatic carbocycles. The summed E-state index contributed by atoms with van der Waals surface area (Å²) in [4.78, 5) is 73.5. The molecule has 1 atom stereocenters. The first-order chi connectivity index (χ1) is 26.8. The van der Waals surface area contributed by atoms with Crippen molar-refractivity contribution in [3.8, 4) is 11.5 Å². The SMILES string of the molecule is CCNc1nc(Cl)nc(NC(C)C)n1.CCOC(=O)COC(=O)c1cc(Oc2ccc(C(F)(F)F)cc2Cl)ccc1[N+](=O)[O-].C[S+](C)C.O=C(O)CNCP(=O)([O-])O. The van der Waals surface area contributed by atoms with Gasteiger partial charge in [-0.25, -0.2) is 9.59 Å². The number of nitro benzene ring substituents is 1. The van der Waals surface area contributed by atoms with Crippen LogP contribution in [0.3, 0.4) is 0 Å². The van der Waals surface area contributed by atoms with Crippen LogP contribution in [0.5, 0.6) is 11.5 Å². The molecule has 26 heteroatoms. The summed E-state index contributed by atoms with van der Waals surface area (Å²) in [6.45, 7) is 7.07. The van der Waals surface area contributed by atoms with Gasteiger partial charge in [-0.15, -0.1) is 0 Å². The van der Waals surface area contributed by atoms with Gasteiger partial charge in [0.05, 0.1) is 53.7 Å². The number of halogens is 5. The van der Waals surface area contributed by atoms with Crippen molar-refractivity contribution in [2.45, 2.75) is 39.9 Å². The molecule has 58 heavy (non-hydrogen) atoms.